The molecular weight excluding hydrogens is 432 g/mol. The summed E-state index contributed by atoms with van der Waals surface area (Å²) in [5.41, 5.74) is 7.43. The van der Waals surface area contributed by atoms with E-state index in [0.717, 1.165) is 28.2 Å². The SMILES string of the molecule is COc1ccc(CCNC(=O)CC(=O)N/N=C\c2cc(C)n(-c3ccccc3)c2C)cc1OC. The molecule has 178 valence electrons. The Hall–Kier alpha value is -4.07. The Kier molecular flexibility index (Phi) is 8.45. The van der Waals surface area contributed by atoms with Crippen molar-refractivity contribution in [2.24, 2.45) is 5.10 Å². The molecule has 0 saturated carbocycles. The zero-order valence-electron chi connectivity index (χ0n) is 19.9. The Bertz CT molecular complexity index is 1170. The monoisotopic (exact) mass is 462 g/mol. The number of aromatic nitrogens is 1. The summed E-state index contributed by atoms with van der Waals surface area (Å²) in [4.78, 5) is 24.2. The van der Waals surface area contributed by atoms with Crippen molar-refractivity contribution in [2.75, 3.05) is 20.8 Å². The van der Waals surface area contributed by atoms with Crippen molar-refractivity contribution in [3.63, 3.8) is 0 Å². The minimum atomic E-state index is -0.475. The third kappa shape index (κ3) is 6.25. The number of nitrogens with one attached hydrogen (secondary N) is 2. The zero-order chi connectivity index (χ0) is 24.5. The zero-order valence-corrected chi connectivity index (χ0v) is 19.9. The molecule has 3 aromatic rings. The van der Waals surface area contributed by atoms with Crippen LogP contribution in [0.15, 0.2) is 59.7 Å². The summed E-state index contributed by atoms with van der Waals surface area (Å²) in [7, 11) is 3.15. The molecule has 0 atom stereocenters. The number of rotatable bonds is 10. The number of para-hydroxylation sites is 1. The molecule has 0 radical (unpaired) electrons. The van der Waals surface area contributed by atoms with Crippen LogP contribution in [0.5, 0.6) is 11.5 Å². The quantitative estimate of drug-likeness (QED) is 0.275. The van der Waals surface area contributed by atoms with E-state index >= 15 is 0 Å². The normalized spacial score (nSPS) is 10.8. The second-order valence-corrected chi connectivity index (χ2v) is 7.76. The molecule has 2 aromatic carbocycles. The van der Waals surface area contributed by atoms with Crippen LogP contribution < -0.4 is 20.2 Å². The second kappa shape index (κ2) is 11.7. The van der Waals surface area contributed by atoms with Crippen molar-refractivity contribution in [3.8, 4) is 17.2 Å². The Balaban J connectivity index is 1.47. The molecular formula is C26H30N4O4. The maximum atomic E-state index is 12.1. The van der Waals surface area contributed by atoms with Crippen molar-refractivity contribution >= 4 is 18.0 Å². The van der Waals surface area contributed by atoms with Crippen LogP contribution in [0.4, 0.5) is 0 Å². The third-order valence-electron chi connectivity index (χ3n) is 5.38. The van der Waals surface area contributed by atoms with Crippen LogP contribution in [0.1, 0.15) is 28.9 Å². The van der Waals surface area contributed by atoms with Gasteiger partial charge in [-0.25, -0.2) is 5.43 Å². The van der Waals surface area contributed by atoms with Gasteiger partial charge in [0.25, 0.3) is 0 Å². The van der Waals surface area contributed by atoms with Crippen LogP contribution >= 0.6 is 0 Å². The van der Waals surface area contributed by atoms with E-state index in [4.69, 9.17) is 9.47 Å². The average molecular weight is 463 g/mol. The van der Waals surface area contributed by atoms with Gasteiger partial charge < -0.3 is 19.4 Å². The number of carbonyl (C=O) groups is 2. The van der Waals surface area contributed by atoms with Gasteiger partial charge in [-0.1, -0.05) is 24.3 Å². The first kappa shape index (κ1) is 24.6. The number of methoxy groups -OCH3 is 2. The van der Waals surface area contributed by atoms with E-state index in [2.05, 4.69) is 20.4 Å². The highest BCUT2D eigenvalue weighted by molar-refractivity contribution is 5.97. The number of hydrogen-bond acceptors (Lipinski definition) is 5. The third-order valence-corrected chi connectivity index (χ3v) is 5.38. The summed E-state index contributed by atoms with van der Waals surface area (Å²) >= 11 is 0. The average Bonchev–Trinajstić information content (AvgIpc) is 3.12. The largest absolute Gasteiger partial charge is 0.493 e. The molecule has 0 unspecified atom stereocenters. The van der Waals surface area contributed by atoms with Gasteiger partial charge in [-0.2, -0.15) is 5.10 Å². The predicted molar refractivity (Wildman–Crippen MR) is 132 cm³/mol. The highest BCUT2D eigenvalue weighted by atomic mass is 16.5. The summed E-state index contributed by atoms with van der Waals surface area (Å²) in [6, 6.07) is 17.6. The fourth-order valence-electron chi connectivity index (χ4n) is 3.70. The number of aryl methyl sites for hydroxylation is 1. The molecule has 8 nitrogen and oxygen atoms in total. The number of hydrogen-bond donors (Lipinski definition) is 2. The molecule has 2 amide bonds. The van der Waals surface area contributed by atoms with Crippen LogP contribution in [-0.4, -0.2) is 43.4 Å². The fraction of sp³-hybridized carbons (Fsp3) is 0.269. The van der Waals surface area contributed by atoms with Gasteiger partial charge in [0.2, 0.25) is 11.8 Å². The first-order valence-corrected chi connectivity index (χ1v) is 11.0. The molecule has 0 saturated heterocycles. The smallest absolute Gasteiger partial charge is 0.249 e. The molecule has 0 aliphatic rings. The van der Waals surface area contributed by atoms with E-state index in [1.54, 1.807) is 20.4 Å². The molecule has 2 N–H and O–H groups in total. The van der Waals surface area contributed by atoms with Gasteiger partial charge in [0, 0.05) is 29.2 Å². The van der Waals surface area contributed by atoms with Crippen molar-refractivity contribution < 1.29 is 19.1 Å². The summed E-state index contributed by atoms with van der Waals surface area (Å²) in [5.74, 6) is 0.440. The van der Waals surface area contributed by atoms with Gasteiger partial charge in [0.1, 0.15) is 6.42 Å². The van der Waals surface area contributed by atoms with Crippen LogP contribution in [0.25, 0.3) is 5.69 Å². The minimum absolute atomic E-state index is 0.299. The van der Waals surface area contributed by atoms with Gasteiger partial charge in [0.05, 0.1) is 20.4 Å². The Morgan fingerprint density at radius 2 is 1.71 bits per heavy atom. The number of amides is 2. The number of hydrazone groups is 1. The van der Waals surface area contributed by atoms with E-state index in [0.29, 0.717) is 24.5 Å². The lowest BCUT2D eigenvalue weighted by Gasteiger charge is -2.10. The molecule has 3 rings (SSSR count). The van der Waals surface area contributed by atoms with Crippen molar-refractivity contribution in [2.45, 2.75) is 26.7 Å². The van der Waals surface area contributed by atoms with E-state index in [9.17, 15) is 9.59 Å². The van der Waals surface area contributed by atoms with Crippen LogP contribution in [0, 0.1) is 13.8 Å². The van der Waals surface area contributed by atoms with Crippen LogP contribution in [-0.2, 0) is 16.0 Å². The van der Waals surface area contributed by atoms with Gasteiger partial charge in [-0.3, -0.25) is 9.59 Å². The molecule has 8 heteroatoms. The molecule has 0 aliphatic heterocycles. The standard InChI is InChI=1S/C26H30N4O4/c1-18-14-21(19(2)30(18)22-8-6-5-7-9-22)17-28-29-26(32)16-25(31)27-13-12-20-10-11-23(33-3)24(15-20)34-4/h5-11,14-15,17H,12-13,16H2,1-4H3,(H,27,31)(H,29,32)/b28-17-. The first-order valence-electron chi connectivity index (χ1n) is 11.0. The molecule has 1 aromatic heterocycles. The Morgan fingerprint density at radius 3 is 2.41 bits per heavy atom. The summed E-state index contributed by atoms with van der Waals surface area (Å²) in [6.45, 7) is 4.41. The lowest BCUT2D eigenvalue weighted by atomic mass is 10.1. The highest BCUT2D eigenvalue weighted by Gasteiger charge is 2.11. The predicted octanol–water partition coefficient (Wildman–Crippen LogP) is 3.31. The van der Waals surface area contributed by atoms with Gasteiger partial charge in [0.15, 0.2) is 11.5 Å². The second-order valence-electron chi connectivity index (χ2n) is 7.76. The maximum Gasteiger partial charge on any atom is 0.249 e. The van der Waals surface area contributed by atoms with E-state index < -0.39 is 5.91 Å². The summed E-state index contributed by atoms with van der Waals surface area (Å²) in [6.07, 6.45) is 1.89. The lowest BCUT2D eigenvalue weighted by molar-refractivity contribution is -0.129. The number of carbonyl (C=O) groups excluding carboxylic acids is 2. The molecule has 1 heterocycles. The summed E-state index contributed by atoms with van der Waals surface area (Å²) in [5, 5.41) is 6.77. The highest BCUT2D eigenvalue weighted by Crippen LogP contribution is 2.27. The van der Waals surface area contributed by atoms with E-state index in [1.807, 2.05) is 68.4 Å². The van der Waals surface area contributed by atoms with Crippen molar-refractivity contribution in [1.82, 2.24) is 15.3 Å². The van der Waals surface area contributed by atoms with Gasteiger partial charge in [-0.15, -0.1) is 0 Å². The molecule has 0 bridgehead atoms. The summed E-state index contributed by atoms with van der Waals surface area (Å²) < 4.78 is 12.6. The fourth-order valence-corrected chi connectivity index (χ4v) is 3.70. The Labute approximate surface area is 199 Å². The van der Waals surface area contributed by atoms with Crippen molar-refractivity contribution in [1.29, 1.82) is 0 Å². The maximum absolute atomic E-state index is 12.1. The molecule has 0 spiro atoms. The van der Waals surface area contributed by atoms with Gasteiger partial charge >= 0.3 is 0 Å². The first-order chi connectivity index (χ1) is 16.4. The molecule has 0 fully saturated rings. The minimum Gasteiger partial charge on any atom is -0.493 e. The topological polar surface area (TPSA) is 94.0 Å². The Morgan fingerprint density at radius 1 is 0.971 bits per heavy atom. The van der Waals surface area contributed by atoms with Crippen LogP contribution in [0.2, 0.25) is 0 Å². The number of benzene rings is 2. The number of ether oxygens (including phenoxy) is 2. The number of nitrogens with zero attached hydrogens (tertiary/aromatic N) is 2. The van der Waals surface area contributed by atoms with E-state index in [1.165, 1.54) is 0 Å². The van der Waals surface area contributed by atoms with Crippen molar-refractivity contribution in [3.05, 3.63) is 77.1 Å². The van der Waals surface area contributed by atoms with E-state index in [-0.39, 0.29) is 12.3 Å². The molecule has 34 heavy (non-hydrogen) atoms. The lowest BCUT2D eigenvalue weighted by Crippen LogP contribution is -2.31. The molecule has 0 aliphatic carbocycles. The van der Waals surface area contributed by atoms with Gasteiger partial charge in [-0.05, 0) is 56.2 Å². The van der Waals surface area contributed by atoms with Crippen LogP contribution in [0.3, 0.4) is 0 Å².